The molecule has 1 aliphatic rings. The molecule has 0 aliphatic carbocycles. The maximum absolute atomic E-state index is 12.9. The van der Waals surface area contributed by atoms with Crippen molar-refractivity contribution in [3.8, 4) is 0 Å². The monoisotopic (exact) mass is 484 g/mol. The number of anilines is 2. The molecule has 1 aromatic heterocycles. The average molecular weight is 485 g/mol. The van der Waals surface area contributed by atoms with Gasteiger partial charge in [0.15, 0.2) is 5.13 Å². The molecule has 0 radical (unpaired) electrons. The van der Waals surface area contributed by atoms with E-state index in [0.717, 1.165) is 25.3 Å². The average Bonchev–Trinajstić information content (AvgIpc) is 3.25. The molecule has 3 aromatic rings. The Hall–Kier alpha value is -2.75. The van der Waals surface area contributed by atoms with Gasteiger partial charge >= 0.3 is 0 Å². The van der Waals surface area contributed by atoms with Crippen molar-refractivity contribution in [3.63, 3.8) is 0 Å². The first kappa shape index (κ1) is 23.4. The standard InChI is InChI=1S/C24H28N4O3S2/c1-18-7-6-14-28(15-18)16-20-17-32-24(25-20)26-23(29)19-10-12-22(13-11-19)33(30,31)27(2)21-8-4-3-5-9-21/h3-5,8-13,17-18H,6-7,14-16H2,1-2H3,(H,25,26,29). The van der Waals surface area contributed by atoms with E-state index < -0.39 is 10.0 Å². The first-order valence-corrected chi connectivity index (χ1v) is 13.3. The molecule has 0 saturated carbocycles. The zero-order valence-corrected chi connectivity index (χ0v) is 20.4. The molecule has 0 spiro atoms. The molecule has 9 heteroatoms. The molecule has 1 N–H and O–H groups in total. The largest absolute Gasteiger partial charge is 0.298 e. The summed E-state index contributed by atoms with van der Waals surface area (Å²) < 4.78 is 27.0. The number of hydrogen-bond donors (Lipinski definition) is 1. The highest BCUT2D eigenvalue weighted by molar-refractivity contribution is 7.92. The Morgan fingerprint density at radius 1 is 1.18 bits per heavy atom. The quantitative estimate of drug-likeness (QED) is 0.536. The lowest BCUT2D eigenvalue weighted by Gasteiger charge is -2.30. The fraction of sp³-hybridized carbons (Fsp3) is 0.333. The van der Waals surface area contributed by atoms with Gasteiger partial charge in [-0.1, -0.05) is 25.1 Å². The highest BCUT2D eigenvalue weighted by Gasteiger charge is 2.22. The lowest BCUT2D eigenvalue weighted by atomic mass is 10.0. The van der Waals surface area contributed by atoms with Gasteiger partial charge in [0.25, 0.3) is 15.9 Å². The van der Waals surface area contributed by atoms with Crippen molar-refractivity contribution in [2.24, 2.45) is 5.92 Å². The van der Waals surface area contributed by atoms with Crippen LogP contribution in [0.2, 0.25) is 0 Å². The van der Waals surface area contributed by atoms with E-state index >= 15 is 0 Å². The summed E-state index contributed by atoms with van der Waals surface area (Å²) in [6.45, 7) is 5.22. The van der Waals surface area contributed by atoms with Crippen LogP contribution in [0.3, 0.4) is 0 Å². The minimum absolute atomic E-state index is 0.123. The van der Waals surface area contributed by atoms with Crippen LogP contribution >= 0.6 is 11.3 Å². The zero-order chi connectivity index (χ0) is 23.4. The van der Waals surface area contributed by atoms with Crippen molar-refractivity contribution >= 4 is 38.1 Å². The highest BCUT2D eigenvalue weighted by atomic mass is 32.2. The lowest BCUT2D eigenvalue weighted by Crippen LogP contribution is -2.33. The van der Waals surface area contributed by atoms with Crippen LogP contribution in [0.5, 0.6) is 0 Å². The Labute approximate surface area is 199 Å². The first-order valence-electron chi connectivity index (χ1n) is 10.9. The van der Waals surface area contributed by atoms with E-state index in [1.165, 1.54) is 59.8 Å². The number of amides is 1. The summed E-state index contributed by atoms with van der Waals surface area (Å²) in [5, 5.41) is 5.34. The topological polar surface area (TPSA) is 82.6 Å². The molecule has 1 fully saturated rings. The first-order chi connectivity index (χ1) is 15.8. The molecule has 4 rings (SSSR count). The van der Waals surface area contributed by atoms with Crippen molar-refractivity contribution in [3.05, 3.63) is 71.2 Å². The molecular weight excluding hydrogens is 456 g/mol. The van der Waals surface area contributed by atoms with Crippen LogP contribution in [0.15, 0.2) is 64.9 Å². The molecule has 1 unspecified atom stereocenters. The van der Waals surface area contributed by atoms with Crippen molar-refractivity contribution < 1.29 is 13.2 Å². The van der Waals surface area contributed by atoms with Gasteiger partial charge in [0, 0.05) is 31.1 Å². The van der Waals surface area contributed by atoms with Crippen molar-refractivity contribution in [1.82, 2.24) is 9.88 Å². The van der Waals surface area contributed by atoms with E-state index in [4.69, 9.17) is 0 Å². The SMILES string of the molecule is CC1CCCN(Cc2csc(NC(=O)c3ccc(S(=O)(=O)N(C)c4ccccc4)cc3)n2)C1. The smallest absolute Gasteiger partial charge is 0.264 e. The maximum atomic E-state index is 12.9. The highest BCUT2D eigenvalue weighted by Crippen LogP contribution is 2.23. The van der Waals surface area contributed by atoms with Gasteiger partial charge < -0.3 is 0 Å². The van der Waals surface area contributed by atoms with Gasteiger partial charge in [0.2, 0.25) is 0 Å². The Balaban J connectivity index is 1.39. The zero-order valence-electron chi connectivity index (χ0n) is 18.8. The van der Waals surface area contributed by atoms with Gasteiger partial charge in [-0.25, -0.2) is 13.4 Å². The maximum Gasteiger partial charge on any atom is 0.264 e. The number of aromatic nitrogens is 1. The molecule has 0 bridgehead atoms. The van der Waals surface area contributed by atoms with Crippen LogP contribution in [0.25, 0.3) is 0 Å². The van der Waals surface area contributed by atoms with Crippen LogP contribution in [0.4, 0.5) is 10.8 Å². The van der Waals surface area contributed by atoms with E-state index in [9.17, 15) is 13.2 Å². The minimum atomic E-state index is -3.72. The van der Waals surface area contributed by atoms with E-state index in [0.29, 0.717) is 22.3 Å². The molecule has 1 saturated heterocycles. The molecule has 2 heterocycles. The third kappa shape index (κ3) is 5.61. The van der Waals surface area contributed by atoms with Crippen LogP contribution in [-0.4, -0.2) is 44.3 Å². The fourth-order valence-electron chi connectivity index (χ4n) is 3.98. The van der Waals surface area contributed by atoms with Gasteiger partial charge in [-0.2, -0.15) is 0 Å². The predicted octanol–water partition coefficient (Wildman–Crippen LogP) is 4.45. The molecule has 1 atom stereocenters. The third-order valence-electron chi connectivity index (χ3n) is 5.79. The van der Waals surface area contributed by atoms with Crippen molar-refractivity contribution in [1.29, 1.82) is 0 Å². The Morgan fingerprint density at radius 3 is 2.61 bits per heavy atom. The van der Waals surface area contributed by atoms with E-state index in [1.807, 2.05) is 11.4 Å². The number of nitrogens with one attached hydrogen (secondary N) is 1. The number of piperidine rings is 1. The number of para-hydroxylation sites is 1. The van der Waals surface area contributed by atoms with Gasteiger partial charge in [0.1, 0.15) is 0 Å². The van der Waals surface area contributed by atoms with E-state index in [1.54, 1.807) is 24.3 Å². The second-order valence-corrected chi connectivity index (χ2v) is 11.2. The van der Waals surface area contributed by atoms with Crippen LogP contribution in [-0.2, 0) is 16.6 Å². The Kier molecular flexibility index (Phi) is 7.11. The third-order valence-corrected chi connectivity index (χ3v) is 8.40. The molecule has 1 amide bonds. The Bertz CT molecular complexity index is 1190. The van der Waals surface area contributed by atoms with Crippen LogP contribution in [0, 0.1) is 5.92 Å². The number of nitrogens with zero attached hydrogens (tertiary/aromatic N) is 3. The van der Waals surface area contributed by atoms with Crippen molar-refractivity contribution in [2.75, 3.05) is 29.8 Å². The molecule has 174 valence electrons. The number of carbonyl (C=O) groups is 1. The number of sulfonamides is 1. The van der Waals surface area contributed by atoms with Gasteiger partial charge in [0.05, 0.1) is 16.3 Å². The fourth-order valence-corrected chi connectivity index (χ4v) is 5.87. The number of likely N-dealkylation sites (tertiary alicyclic amines) is 1. The summed E-state index contributed by atoms with van der Waals surface area (Å²) in [5.74, 6) is 0.388. The van der Waals surface area contributed by atoms with E-state index in [-0.39, 0.29) is 10.8 Å². The summed E-state index contributed by atoms with van der Waals surface area (Å²) in [7, 11) is -2.21. The molecule has 33 heavy (non-hydrogen) atoms. The molecule has 1 aliphatic heterocycles. The van der Waals surface area contributed by atoms with Gasteiger partial charge in [-0.05, 0) is 61.7 Å². The second kappa shape index (κ2) is 10.0. The molecule has 2 aromatic carbocycles. The predicted molar refractivity (Wildman–Crippen MR) is 132 cm³/mol. The number of rotatable bonds is 7. The van der Waals surface area contributed by atoms with Crippen LogP contribution < -0.4 is 9.62 Å². The van der Waals surface area contributed by atoms with Gasteiger partial charge in [-0.3, -0.25) is 19.3 Å². The van der Waals surface area contributed by atoms with E-state index in [2.05, 4.69) is 22.1 Å². The van der Waals surface area contributed by atoms with Crippen LogP contribution in [0.1, 0.15) is 35.8 Å². The molecular formula is C24H28N4O3S2. The van der Waals surface area contributed by atoms with Crippen molar-refractivity contribution in [2.45, 2.75) is 31.2 Å². The lowest BCUT2D eigenvalue weighted by molar-refractivity contribution is 0.102. The molecule has 7 nitrogen and oxygen atoms in total. The minimum Gasteiger partial charge on any atom is -0.298 e. The van der Waals surface area contributed by atoms with Gasteiger partial charge in [-0.15, -0.1) is 11.3 Å². The summed E-state index contributed by atoms with van der Waals surface area (Å²) in [4.78, 5) is 19.7. The number of thiazole rings is 1. The number of benzene rings is 2. The summed E-state index contributed by atoms with van der Waals surface area (Å²) >= 11 is 1.40. The second-order valence-electron chi connectivity index (χ2n) is 8.41. The summed E-state index contributed by atoms with van der Waals surface area (Å²) in [5.41, 5.74) is 1.89. The Morgan fingerprint density at radius 2 is 1.91 bits per heavy atom. The summed E-state index contributed by atoms with van der Waals surface area (Å²) in [6, 6.07) is 14.8. The number of hydrogen-bond acceptors (Lipinski definition) is 6. The summed E-state index contributed by atoms with van der Waals surface area (Å²) in [6.07, 6.45) is 2.49. The number of carbonyl (C=O) groups excluding carboxylic acids is 1. The normalized spacial score (nSPS) is 17.0.